The molecule has 2 heterocycles. The number of ether oxygens (including phenoxy) is 1. The van der Waals surface area contributed by atoms with E-state index in [0.29, 0.717) is 5.75 Å². The van der Waals surface area contributed by atoms with Gasteiger partial charge in [-0.1, -0.05) is 35.9 Å². The van der Waals surface area contributed by atoms with Crippen molar-refractivity contribution in [1.29, 1.82) is 0 Å². The number of aliphatic hydroxyl groups is 1. The number of carbonyl (C=O) groups is 3. The highest BCUT2D eigenvalue weighted by Crippen LogP contribution is 2.41. The summed E-state index contributed by atoms with van der Waals surface area (Å²) in [6.07, 6.45) is 5.70. The Hall–Kier alpha value is -1.81. The molecule has 1 fully saturated rings. The van der Waals surface area contributed by atoms with Crippen LogP contribution in [-0.4, -0.2) is 64.2 Å². The highest BCUT2D eigenvalue weighted by atomic mass is 35.5. The van der Waals surface area contributed by atoms with Crippen LogP contribution in [-0.2, 0) is 19.1 Å². The van der Waals surface area contributed by atoms with Crippen LogP contribution in [0.3, 0.4) is 0 Å². The summed E-state index contributed by atoms with van der Waals surface area (Å²) in [7, 11) is 1.21. The van der Waals surface area contributed by atoms with Crippen molar-refractivity contribution in [3.63, 3.8) is 0 Å². The number of rotatable bonds is 4. The second kappa shape index (κ2) is 7.43. The standard InChI is InChI=1S/C16H18ClN3O5S/c1-25-16(24)12-9(17)6-26-15-11(14(23)20(12)15)19-13(22)10(18)7-2-4-8(21)5-3-7/h2-5,7-8,10-11,15,21H,6,18H2,1H3,(H,19,22)/t7?,8?,10?,11?,15-/m0/s1. The number of β-lactam (4-membered cyclic amide) rings is 1. The zero-order valence-corrected chi connectivity index (χ0v) is 15.4. The van der Waals surface area contributed by atoms with E-state index in [1.165, 1.54) is 23.8 Å². The number of fused-ring (bicyclic) bond motifs is 1. The number of methoxy groups -OCH3 is 1. The van der Waals surface area contributed by atoms with E-state index >= 15 is 0 Å². The maximum absolute atomic E-state index is 12.4. The smallest absolute Gasteiger partial charge is 0.356 e. The molecule has 0 saturated carbocycles. The molecule has 140 valence electrons. The van der Waals surface area contributed by atoms with Crippen LogP contribution in [0.2, 0.25) is 0 Å². The highest BCUT2D eigenvalue weighted by Gasteiger charge is 2.54. The summed E-state index contributed by atoms with van der Waals surface area (Å²) in [5.41, 5.74) is 5.98. The SMILES string of the molecule is COC(=O)C1=C(Cl)CS[C@H]2C(NC(=O)C(N)C3C=CC(O)C=C3)C(=O)N12. The number of thioether (sulfide) groups is 1. The lowest BCUT2D eigenvalue weighted by atomic mass is 9.93. The van der Waals surface area contributed by atoms with Crippen molar-refractivity contribution < 1.29 is 24.2 Å². The molecule has 0 aromatic rings. The highest BCUT2D eigenvalue weighted by molar-refractivity contribution is 8.00. The van der Waals surface area contributed by atoms with Crippen LogP contribution in [0.15, 0.2) is 35.0 Å². The summed E-state index contributed by atoms with van der Waals surface area (Å²) in [5, 5.41) is 11.8. The van der Waals surface area contributed by atoms with Crippen molar-refractivity contribution in [2.45, 2.75) is 23.6 Å². The third-order valence-corrected chi connectivity index (χ3v) is 6.13. The molecule has 8 nitrogen and oxygen atoms in total. The molecule has 26 heavy (non-hydrogen) atoms. The van der Waals surface area contributed by atoms with E-state index in [1.54, 1.807) is 24.3 Å². The Labute approximate surface area is 159 Å². The number of carbonyl (C=O) groups excluding carboxylic acids is 3. The molecule has 0 aromatic carbocycles. The van der Waals surface area contributed by atoms with E-state index in [9.17, 15) is 19.5 Å². The topological polar surface area (TPSA) is 122 Å². The van der Waals surface area contributed by atoms with Gasteiger partial charge in [0.1, 0.15) is 17.1 Å². The van der Waals surface area contributed by atoms with Gasteiger partial charge < -0.3 is 20.9 Å². The van der Waals surface area contributed by atoms with Crippen LogP contribution in [0.1, 0.15) is 0 Å². The maximum Gasteiger partial charge on any atom is 0.356 e. The Bertz CT molecular complexity index is 723. The van der Waals surface area contributed by atoms with Gasteiger partial charge in [-0.05, 0) is 0 Å². The van der Waals surface area contributed by atoms with Crippen molar-refractivity contribution in [2.75, 3.05) is 12.9 Å². The molecule has 0 bridgehead atoms. The van der Waals surface area contributed by atoms with E-state index in [2.05, 4.69) is 10.1 Å². The first-order valence-corrected chi connectivity index (χ1v) is 9.30. The van der Waals surface area contributed by atoms with Crippen molar-refractivity contribution >= 4 is 41.1 Å². The monoisotopic (exact) mass is 399 g/mol. The Balaban J connectivity index is 1.67. The third kappa shape index (κ3) is 3.27. The molecular weight excluding hydrogens is 382 g/mol. The minimum absolute atomic E-state index is 0.0184. The number of halogens is 1. The van der Waals surface area contributed by atoms with Gasteiger partial charge in [0.2, 0.25) is 5.91 Å². The zero-order chi connectivity index (χ0) is 19.0. The lowest BCUT2D eigenvalue weighted by molar-refractivity contribution is -0.151. The fraction of sp³-hybridized carbons (Fsp3) is 0.438. The summed E-state index contributed by atoms with van der Waals surface area (Å²) in [6, 6.07) is -1.69. The molecule has 1 saturated heterocycles. The molecule has 3 rings (SSSR count). The average molecular weight is 400 g/mol. The summed E-state index contributed by atoms with van der Waals surface area (Å²) < 4.78 is 4.68. The molecule has 3 aliphatic rings. The summed E-state index contributed by atoms with van der Waals surface area (Å²) >= 11 is 7.40. The van der Waals surface area contributed by atoms with Gasteiger partial charge in [0.05, 0.1) is 24.3 Å². The number of esters is 1. The number of aliphatic hydroxyl groups excluding tert-OH is 1. The molecule has 2 unspecified atom stereocenters. The molecule has 2 amide bonds. The number of nitrogens with zero attached hydrogens (tertiary/aromatic N) is 1. The second-order valence-electron chi connectivity index (χ2n) is 6.00. The number of nitrogens with two attached hydrogens (primary N) is 1. The molecular formula is C16H18ClN3O5S. The molecule has 4 N–H and O–H groups in total. The maximum atomic E-state index is 12.4. The Kier molecular flexibility index (Phi) is 5.42. The first-order valence-electron chi connectivity index (χ1n) is 7.87. The quantitative estimate of drug-likeness (QED) is 0.329. The fourth-order valence-corrected chi connectivity index (χ4v) is 4.49. The molecule has 2 aliphatic heterocycles. The van der Waals surface area contributed by atoms with Crippen molar-refractivity contribution in [1.82, 2.24) is 10.2 Å². The number of amides is 2. The van der Waals surface area contributed by atoms with Gasteiger partial charge in [0.25, 0.3) is 5.91 Å². The first kappa shape index (κ1) is 19.0. The van der Waals surface area contributed by atoms with Crippen LogP contribution in [0.25, 0.3) is 0 Å². The van der Waals surface area contributed by atoms with Crippen molar-refractivity contribution in [3.05, 3.63) is 35.0 Å². The van der Waals surface area contributed by atoms with Crippen LogP contribution in [0.5, 0.6) is 0 Å². The third-order valence-electron chi connectivity index (χ3n) is 4.38. The Morgan fingerprint density at radius 3 is 2.69 bits per heavy atom. The lowest BCUT2D eigenvalue weighted by Crippen LogP contribution is -2.71. The van der Waals surface area contributed by atoms with Crippen LogP contribution < -0.4 is 11.1 Å². The number of hydrogen-bond donors (Lipinski definition) is 3. The van der Waals surface area contributed by atoms with Gasteiger partial charge in [0, 0.05) is 11.7 Å². The first-order chi connectivity index (χ1) is 12.3. The largest absolute Gasteiger partial charge is 0.464 e. The van der Waals surface area contributed by atoms with E-state index in [4.69, 9.17) is 17.3 Å². The molecule has 3 atom stereocenters. The van der Waals surface area contributed by atoms with E-state index in [1.807, 2.05) is 0 Å². The van der Waals surface area contributed by atoms with E-state index in [0.717, 1.165) is 0 Å². The van der Waals surface area contributed by atoms with Crippen LogP contribution in [0.4, 0.5) is 0 Å². The zero-order valence-electron chi connectivity index (χ0n) is 13.8. The van der Waals surface area contributed by atoms with Crippen molar-refractivity contribution in [3.8, 4) is 0 Å². The summed E-state index contributed by atoms with van der Waals surface area (Å²) in [5.74, 6) is -1.65. The normalized spacial score (nSPS) is 31.2. The lowest BCUT2D eigenvalue weighted by Gasteiger charge is -2.49. The summed E-state index contributed by atoms with van der Waals surface area (Å²) in [6.45, 7) is 0. The molecule has 1 aliphatic carbocycles. The van der Waals surface area contributed by atoms with Gasteiger partial charge >= 0.3 is 5.97 Å². The van der Waals surface area contributed by atoms with Crippen LogP contribution >= 0.6 is 23.4 Å². The minimum atomic E-state index is -0.898. The second-order valence-corrected chi connectivity index (χ2v) is 7.57. The number of hydrogen-bond acceptors (Lipinski definition) is 7. The van der Waals surface area contributed by atoms with Gasteiger partial charge in [-0.2, -0.15) is 0 Å². The average Bonchev–Trinajstić information content (AvgIpc) is 2.65. The Morgan fingerprint density at radius 2 is 2.08 bits per heavy atom. The predicted molar refractivity (Wildman–Crippen MR) is 95.7 cm³/mol. The molecule has 10 heteroatoms. The summed E-state index contributed by atoms with van der Waals surface area (Å²) in [4.78, 5) is 38.0. The molecule has 0 spiro atoms. The van der Waals surface area contributed by atoms with Gasteiger partial charge in [-0.3, -0.25) is 14.5 Å². The van der Waals surface area contributed by atoms with E-state index in [-0.39, 0.29) is 16.6 Å². The van der Waals surface area contributed by atoms with Gasteiger partial charge in [-0.25, -0.2) is 4.79 Å². The van der Waals surface area contributed by atoms with Crippen LogP contribution in [0, 0.1) is 5.92 Å². The van der Waals surface area contributed by atoms with E-state index < -0.39 is 41.3 Å². The van der Waals surface area contributed by atoms with Gasteiger partial charge in [0.15, 0.2) is 0 Å². The minimum Gasteiger partial charge on any atom is -0.464 e. The van der Waals surface area contributed by atoms with Gasteiger partial charge in [-0.15, -0.1) is 11.8 Å². The predicted octanol–water partition coefficient (Wildman–Crippen LogP) is -0.560. The number of nitrogens with one attached hydrogen (secondary N) is 1. The van der Waals surface area contributed by atoms with Crippen molar-refractivity contribution in [2.24, 2.45) is 11.7 Å². The Morgan fingerprint density at radius 1 is 1.42 bits per heavy atom. The molecule has 0 aromatic heterocycles. The fourth-order valence-electron chi connectivity index (χ4n) is 2.95. The molecule has 0 radical (unpaired) electrons.